The number of nitrogens with one attached hydrogen (secondary N) is 1. The smallest absolute Gasteiger partial charge is 0.118 e. The van der Waals surface area contributed by atoms with E-state index >= 15 is 0 Å². The van der Waals surface area contributed by atoms with Gasteiger partial charge >= 0.3 is 0 Å². The molecule has 1 fully saturated rings. The van der Waals surface area contributed by atoms with Crippen LogP contribution in [0.5, 0.6) is 0 Å². The Hall–Kier alpha value is -0.450. The van der Waals surface area contributed by atoms with Gasteiger partial charge in [-0.25, -0.2) is 0 Å². The standard InChI is InChI=1S/C15H26N2OS/c1-12(2)8-16-9-14-4-5-15(18-14)10-17(3)13-6-7-19-11-13/h4-5,12-13,16H,6-11H2,1-3H3. The van der Waals surface area contributed by atoms with Crippen LogP contribution in [0, 0.1) is 5.92 Å². The summed E-state index contributed by atoms with van der Waals surface area (Å²) in [6, 6.07) is 4.93. The number of rotatable bonds is 7. The first-order chi connectivity index (χ1) is 9.15. The molecular weight excluding hydrogens is 256 g/mol. The summed E-state index contributed by atoms with van der Waals surface area (Å²) >= 11 is 2.06. The van der Waals surface area contributed by atoms with E-state index in [1.807, 2.05) is 0 Å². The van der Waals surface area contributed by atoms with Gasteiger partial charge < -0.3 is 9.73 Å². The minimum atomic E-state index is 0.681. The van der Waals surface area contributed by atoms with Gasteiger partial charge in [-0.3, -0.25) is 4.90 Å². The van der Waals surface area contributed by atoms with Crippen LogP contribution in [0.3, 0.4) is 0 Å². The molecule has 1 unspecified atom stereocenters. The van der Waals surface area contributed by atoms with Gasteiger partial charge in [0.1, 0.15) is 11.5 Å². The maximum atomic E-state index is 5.88. The van der Waals surface area contributed by atoms with Gasteiger partial charge in [0.25, 0.3) is 0 Å². The number of thioether (sulfide) groups is 1. The Labute approximate surface area is 121 Å². The summed E-state index contributed by atoms with van der Waals surface area (Å²) in [6.07, 6.45) is 1.31. The lowest BCUT2D eigenvalue weighted by Crippen LogP contribution is -2.30. The molecular formula is C15H26N2OS. The Morgan fingerprint density at radius 1 is 1.42 bits per heavy atom. The molecule has 3 nitrogen and oxygen atoms in total. The fourth-order valence-electron chi connectivity index (χ4n) is 2.33. The highest BCUT2D eigenvalue weighted by atomic mass is 32.2. The highest BCUT2D eigenvalue weighted by molar-refractivity contribution is 7.99. The summed E-state index contributed by atoms with van der Waals surface area (Å²) in [4.78, 5) is 2.42. The molecule has 0 aromatic carbocycles. The molecule has 1 aliphatic heterocycles. The summed E-state index contributed by atoms with van der Waals surface area (Å²) < 4.78 is 5.88. The largest absolute Gasteiger partial charge is 0.463 e. The van der Waals surface area contributed by atoms with Crippen LogP contribution in [0.1, 0.15) is 31.8 Å². The Kier molecular flexibility index (Phi) is 5.79. The highest BCUT2D eigenvalue weighted by Gasteiger charge is 2.20. The minimum absolute atomic E-state index is 0.681. The van der Waals surface area contributed by atoms with Crippen molar-refractivity contribution in [2.75, 3.05) is 25.1 Å². The van der Waals surface area contributed by atoms with Gasteiger partial charge in [-0.2, -0.15) is 11.8 Å². The molecule has 1 N–H and O–H groups in total. The third-order valence-electron chi connectivity index (χ3n) is 3.50. The van der Waals surface area contributed by atoms with E-state index in [0.717, 1.165) is 37.2 Å². The van der Waals surface area contributed by atoms with Crippen molar-refractivity contribution in [1.29, 1.82) is 0 Å². The SMILES string of the molecule is CC(C)CNCc1ccc(CN(C)C2CCSC2)o1. The van der Waals surface area contributed by atoms with E-state index in [1.165, 1.54) is 17.9 Å². The molecule has 1 aliphatic rings. The fraction of sp³-hybridized carbons (Fsp3) is 0.733. The van der Waals surface area contributed by atoms with E-state index in [-0.39, 0.29) is 0 Å². The van der Waals surface area contributed by atoms with Crippen molar-refractivity contribution in [3.63, 3.8) is 0 Å². The zero-order valence-corrected chi connectivity index (χ0v) is 13.1. The van der Waals surface area contributed by atoms with Crippen molar-refractivity contribution >= 4 is 11.8 Å². The quantitative estimate of drug-likeness (QED) is 0.832. The molecule has 19 heavy (non-hydrogen) atoms. The van der Waals surface area contributed by atoms with Crippen LogP contribution in [0.4, 0.5) is 0 Å². The van der Waals surface area contributed by atoms with Gasteiger partial charge in [0.05, 0.1) is 13.1 Å². The molecule has 1 aromatic rings. The molecule has 0 bridgehead atoms. The number of hydrogen-bond donors (Lipinski definition) is 1. The first kappa shape index (κ1) is 14.9. The monoisotopic (exact) mass is 282 g/mol. The molecule has 0 radical (unpaired) electrons. The average Bonchev–Trinajstić information content (AvgIpc) is 2.99. The normalized spacial score (nSPS) is 19.7. The van der Waals surface area contributed by atoms with Crippen molar-refractivity contribution in [3.8, 4) is 0 Å². The summed E-state index contributed by atoms with van der Waals surface area (Å²) in [5.74, 6) is 5.38. The molecule has 1 aromatic heterocycles. The molecule has 0 saturated carbocycles. The predicted octanol–water partition coefficient (Wildman–Crippen LogP) is 2.96. The maximum absolute atomic E-state index is 5.88. The lowest BCUT2D eigenvalue weighted by Gasteiger charge is -2.22. The minimum Gasteiger partial charge on any atom is -0.463 e. The van der Waals surface area contributed by atoms with E-state index in [1.54, 1.807) is 0 Å². The molecule has 4 heteroatoms. The van der Waals surface area contributed by atoms with Crippen molar-refractivity contribution in [2.24, 2.45) is 5.92 Å². The van der Waals surface area contributed by atoms with Crippen molar-refractivity contribution in [3.05, 3.63) is 23.7 Å². The second-order valence-electron chi connectivity index (χ2n) is 5.83. The van der Waals surface area contributed by atoms with E-state index in [2.05, 4.69) is 55.0 Å². The first-order valence-electron chi connectivity index (χ1n) is 7.21. The van der Waals surface area contributed by atoms with Gasteiger partial charge in [-0.1, -0.05) is 13.8 Å². The maximum Gasteiger partial charge on any atom is 0.118 e. The second-order valence-corrected chi connectivity index (χ2v) is 6.98. The molecule has 0 amide bonds. The third kappa shape index (κ3) is 4.86. The second kappa shape index (κ2) is 7.36. The van der Waals surface area contributed by atoms with Crippen molar-refractivity contribution in [2.45, 2.75) is 39.4 Å². The molecule has 0 aliphatic carbocycles. The van der Waals surface area contributed by atoms with Crippen LogP contribution in [0.15, 0.2) is 16.5 Å². The topological polar surface area (TPSA) is 28.4 Å². The molecule has 1 saturated heterocycles. The number of nitrogens with zero attached hydrogens (tertiary/aromatic N) is 1. The Morgan fingerprint density at radius 3 is 2.89 bits per heavy atom. The third-order valence-corrected chi connectivity index (χ3v) is 4.65. The molecule has 2 rings (SSSR count). The number of hydrogen-bond acceptors (Lipinski definition) is 4. The summed E-state index contributed by atoms with van der Waals surface area (Å²) in [5, 5.41) is 3.41. The average molecular weight is 282 g/mol. The lowest BCUT2D eigenvalue weighted by atomic mass is 10.2. The van der Waals surface area contributed by atoms with Crippen LogP contribution < -0.4 is 5.32 Å². The summed E-state index contributed by atoms with van der Waals surface area (Å²) in [7, 11) is 2.20. The van der Waals surface area contributed by atoms with Gasteiger partial charge in [0, 0.05) is 11.8 Å². The van der Waals surface area contributed by atoms with E-state index in [0.29, 0.717) is 5.92 Å². The Balaban J connectivity index is 1.76. The van der Waals surface area contributed by atoms with Gasteiger partial charge in [0.2, 0.25) is 0 Å². The van der Waals surface area contributed by atoms with Gasteiger partial charge in [-0.05, 0) is 43.8 Å². The zero-order chi connectivity index (χ0) is 13.7. The first-order valence-corrected chi connectivity index (χ1v) is 8.37. The van der Waals surface area contributed by atoms with Crippen molar-refractivity contribution in [1.82, 2.24) is 10.2 Å². The molecule has 2 heterocycles. The van der Waals surface area contributed by atoms with Crippen LogP contribution in [-0.2, 0) is 13.1 Å². The van der Waals surface area contributed by atoms with Gasteiger partial charge in [0.15, 0.2) is 0 Å². The van der Waals surface area contributed by atoms with E-state index in [4.69, 9.17) is 4.42 Å². The zero-order valence-electron chi connectivity index (χ0n) is 12.3. The number of furan rings is 1. The fourth-order valence-corrected chi connectivity index (χ4v) is 3.63. The van der Waals surface area contributed by atoms with E-state index in [9.17, 15) is 0 Å². The van der Waals surface area contributed by atoms with E-state index < -0.39 is 0 Å². The highest BCUT2D eigenvalue weighted by Crippen LogP contribution is 2.23. The summed E-state index contributed by atoms with van der Waals surface area (Å²) in [5.41, 5.74) is 0. The molecule has 1 atom stereocenters. The summed E-state index contributed by atoms with van der Waals surface area (Å²) in [6.45, 7) is 7.23. The van der Waals surface area contributed by atoms with Crippen LogP contribution in [-0.4, -0.2) is 36.0 Å². The van der Waals surface area contributed by atoms with Crippen LogP contribution in [0.25, 0.3) is 0 Å². The van der Waals surface area contributed by atoms with Crippen LogP contribution >= 0.6 is 11.8 Å². The molecule has 0 spiro atoms. The van der Waals surface area contributed by atoms with Gasteiger partial charge in [-0.15, -0.1) is 0 Å². The van der Waals surface area contributed by atoms with Crippen LogP contribution in [0.2, 0.25) is 0 Å². The lowest BCUT2D eigenvalue weighted by molar-refractivity contribution is 0.231. The Morgan fingerprint density at radius 2 is 2.21 bits per heavy atom. The van der Waals surface area contributed by atoms with Crippen molar-refractivity contribution < 1.29 is 4.42 Å². The molecule has 108 valence electrons. The predicted molar refractivity (Wildman–Crippen MR) is 82.4 cm³/mol. The Bertz CT molecular complexity index is 372.